The van der Waals surface area contributed by atoms with Crippen LogP contribution < -0.4 is 5.73 Å². The minimum Gasteiger partial charge on any atom is -0.342 e. The zero-order valence-corrected chi connectivity index (χ0v) is 10.5. The van der Waals surface area contributed by atoms with E-state index >= 15 is 0 Å². The third-order valence-corrected chi connectivity index (χ3v) is 3.23. The van der Waals surface area contributed by atoms with Crippen molar-refractivity contribution in [1.29, 1.82) is 0 Å². The molecule has 0 saturated carbocycles. The highest BCUT2D eigenvalue weighted by atomic mass is 16.2. The van der Waals surface area contributed by atoms with Crippen molar-refractivity contribution in [3.63, 3.8) is 0 Å². The lowest BCUT2D eigenvalue weighted by atomic mass is 9.96. The second-order valence-electron chi connectivity index (χ2n) is 4.79. The van der Waals surface area contributed by atoms with Gasteiger partial charge in [-0.1, -0.05) is 6.92 Å². The Kier molecular flexibility index (Phi) is 3.57. The van der Waals surface area contributed by atoms with Gasteiger partial charge in [0.25, 0.3) is 0 Å². The molecule has 0 aliphatic carbocycles. The summed E-state index contributed by atoms with van der Waals surface area (Å²) < 4.78 is 0. The average molecular weight is 227 g/mol. The molecule has 1 rings (SSSR count). The SMILES string of the molecule is CC[C@H](N)C(=O)N1CCN(C)C(=O)C1(C)C. The Morgan fingerprint density at radius 2 is 2.06 bits per heavy atom. The van der Waals surface area contributed by atoms with Gasteiger partial charge < -0.3 is 15.5 Å². The number of nitrogens with zero attached hydrogens (tertiary/aromatic N) is 2. The number of carbonyl (C=O) groups excluding carboxylic acids is 2. The number of hydrogen-bond donors (Lipinski definition) is 1. The molecule has 1 aliphatic rings. The second-order valence-corrected chi connectivity index (χ2v) is 4.79. The van der Waals surface area contributed by atoms with E-state index in [1.54, 1.807) is 30.7 Å². The summed E-state index contributed by atoms with van der Waals surface area (Å²) in [5.74, 6) is -0.163. The third kappa shape index (κ3) is 2.04. The van der Waals surface area contributed by atoms with Gasteiger partial charge in [0.05, 0.1) is 6.04 Å². The van der Waals surface area contributed by atoms with Crippen molar-refractivity contribution in [3.8, 4) is 0 Å². The maximum atomic E-state index is 12.0. The molecule has 2 N–H and O–H groups in total. The number of amides is 2. The topological polar surface area (TPSA) is 66.6 Å². The number of rotatable bonds is 2. The molecule has 92 valence electrons. The third-order valence-electron chi connectivity index (χ3n) is 3.23. The summed E-state index contributed by atoms with van der Waals surface area (Å²) in [7, 11) is 1.76. The van der Waals surface area contributed by atoms with E-state index in [4.69, 9.17) is 5.73 Å². The minimum absolute atomic E-state index is 0.0320. The molecule has 2 amide bonds. The first-order chi connectivity index (χ1) is 7.32. The van der Waals surface area contributed by atoms with E-state index in [2.05, 4.69) is 0 Å². The van der Waals surface area contributed by atoms with Crippen LogP contribution >= 0.6 is 0 Å². The van der Waals surface area contributed by atoms with Crippen LogP contribution in [0.2, 0.25) is 0 Å². The van der Waals surface area contributed by atoms with Gasteiger partial charge in [0.15, 0.2) is 0 Å². The summed E-state index contributed by atoms with van der Waals surface area (Å²) in [5, 5.41) is 0. The summed E-state index contributed by atoms with van der Waals surface area (Å²) in [5.41, 5.74) is 4.95. The summed E-state index contributed by atoms with van der Waals surface area (Å²) in [6, 6.07) is -0.504. The molecule has 0 spiro atoms. The van der Waals surface area contributed by atoms with Gasteiger partial charge in [-0.15, -0.1) is 0 Å². The first-order valence-corrected chi connectivity index (χ1v) is 5.65. The fraction of sp³-hybridized carbons (Fsp3) is 0.818. The van der Waals surface area contributed by atoms with Crippen molar-refractivity contribution in [2.45, 2.75) is 38.8 Å². The van der Waals surface area contributed by atoms with Crippen molar-refractivity contribution in [2.75, 3.05) is 20.1 Å². The Labute approximate surface area is 96.6 Å². The summed E-state index contributed by atoms with van der Waals surface area (Å²) in [4.78, 5) is 27.2. The molecule has 1 aliphatic heterocycles. The maximum absolute atomic E-state index is 12.0. The normalized spacial score (nSPS) is 22.2. The second kappa shape index (κ2) is 4.41. The highest BCUT2D eigenvalue weighted by molar-refractivity contribution is 5.93. The largest absolute Gasteiger partial charge is 0.342 e. The van der Waals surface area contributed by atoms with Gasteiger partial charge in [-0.2, -0.15) is 0 Å². The van der Waals surface area contributed by atoms with Crippen LogP contribution in [0, 0.1) is 0 Å². The summed E-state index contributed by atoms with van der Waals surface area (Å²) in [6.07, 6.45) is 0.593. The molecule has 0 aromatic carbocycles. The fourth-order valence-electron chi connectivity index (χ4n) is 1.97. The molecule has 0 bridgehead atoms. The van der Waals surface area contributed by atoms with Crippen LogP contribution in [-0.4, -0.2) is 53.3 Å². The predicted octanol–water partition coefficient (Wildman–Crippen LogP) is -0.197. The van der Waals surface area contributed by atoms with E-state index in [0.717, 1.165) is 0 Å². The number of nitrogens with two attached hydrogens (primary N) is 1. The fourth-order valence-corrected chi connectivity index (χ4v) is 1.97. The Bertz CT molecular complexity index is 302. The van der Waals surface area contributed by atoms with E-state index in [1.165, 1.54) is 0 Å². The van der Waals surface area contributed by atoms with E-state index in [-0.39, 0.29) is 11.8 Å². The monoisotopic (exact) mass is 227 g/mol. The van der Waals surface area contributed by atoms with Gasteiger partial charge >= 0.3 is 0 Å². The predicted molar refractivity (Wildman–Crippen MR) is 61.7 cm³/mol. The van der Waals surface area contributed by atoms with E-state index in [0.29, 0.717) is 19.5 Å². The molecule has 1 heterocycles. The van der Waals surface area contributed by atoms with Crippen LogP contribution in [-0.2, 0) is 9.59 Å². The lowest BCUT2D eigenvalue weighted by molar-refractivity contribution is -0.158. The van der Waals surface area contributed by atoms with Gasteiger partial charge in [0, 0.05) is 20.1 Å². The van der Waals surface area contributed by atoms with Gasteiger partial charge in [0.2, 0.25) is 11.8 Å². The zero-order valence-electron chi connectivity index (χ0n) is 10.5. The van der Waals surface area contributed by atoms with Crippen molar-refractivity contribution < 1.29 is 9.59 Å². The first kappa shape index (κ1) is 13.0. The van der Waals surface area contributed by atoms with Gasteiger partial charge in [-0.05, 0) is 20.3 Å². The summed E-state index contributed by atoms with van der Waals surface area (Å²) in [6.45, 7) is 6.54. The first-order valence-electron chi connectivity index (χ1n) is 5.65. The molecule has 1 atom stereocenters. The van der Waals surface area contributed by atoms with Crippen LogP contribution in [0.25, 0.3) is 0 Å². The quantitative estimate of drug-likeness (QED) is 0.710. The number of piperazine rings is 1. The van der Waals surface area contributed by atoms with Gasteiger partial charge in [-0.25, -0.2) is 0 Å². The molecule has 1 fully saturated rings. The highest BCUT2D eigenvalue weighted by Gasteiger charge is 2.43. The van der Waals surface area contributed by atoms with Crippen LogP contribution in [0.1, 0.15) is 27.2 Å². The number of likely N-dealkylation sites (N-methyl/N-ethyl adjacent to an activating group) is 1. The van der Waals surface area contributed by atoms with E-state index in [1.807, 2.05) is 6.92 Å². The molecule has 0 unspecified atom stereocenters. The molecular weight excluding hydrogens is 206 g/mol. The molecule has 0 radical (unpaired) electrons. The van der Waals surface area contributed by atoms with Crippen molar-refractivity contribution in [2.24, 2.45) is 5.73 Å². The Hall–Kier alpha value is -1.10. The lowest BCUT2D eigenvalue weighted by Gasteiger charge is -2.45. The minimum atomic E-state index is -0.781. The van der Waals surface area contributed by atoms with E-state index in [9.17, 15) is 9.59 Å². The molecule has 0 aromatic heterocycles. The zero-order chi connectivity index (χ0) is 12.5. The van der Waals surface area contributed by atoms with Crippen molar-refractivity contribution >= 4 is 11.8 Å². The smallest absolute Gasteiger partial charge is 0.247 e. The van der Waals surface area contributed by atoms with Crippen LogP contribution in [0.5, 0.6) is 0 Å². The van der Waals surface area contributed by atoms with Crippen LogP contribution in [0.4, 0.5) is 0 Å². The van der Waals surface area contributed by atoms with E-state index < -0.39 is 11.6 Å². The van der Waals surface area contributed by atoms with Crippen molar-refractivity contribution in [1.82, 2.24) is 9.80 Å². The Morgan fingerprint density at radius 3 is 2.56 bits per heavy atom. The summed E-state index contributed by atoms with van der Waals surface area (Å²) >= 11 is 0. The molecule has 1 saturated heterocycles. The molecule has 5 heteroatoms. The Morgan fingerprint density at radius 1 is 1.50 bits per heavy atom. The van der Waals surface area contributed by atoms with Gasteiger partial charge in [0.1, 0.15) is 5.54 Å². The number of carbonyl (C=O) groups is 2. The van der Waals surface area contributed by atoms with Crippen LogP contribution in [0.3, 0.4) is 0 Å². The van der Waals surface area contributed by atoms with Crippen molar-refractivity contribution in [3.05, 3.63) is 0 Å². The standard InChI is InChI=1S/C11H21N3O2/c1-5-8(12)9(15)14-7-6-13(4)10(16)11(14,2)3/h8H,5-7,12H2,1-4H3/t8-/m0/s1. The Balaban J connectivity index is 2.90. The highest BCUT2D eigenvalue weighted by Crippen LogP contribution is 2.22. The number of hydrogen-bond acceptors (Lipinski definition) is 3. The lowest BCUT2D eigenvalue weighted by Crippen LogP contribution is -2.65. The van der Waals surface area contributed by atoms with Gasteiger partial charge in [-0.3, -0.25) is 9.59 Å². The molecular formula is C11H21N3O2. The average Bonchev–Trinajstić information content (AvgIpc) is 2.24. The maximum Gasteiger partial charge on any atom is 0.247 e. The van der Waals surface area contributed by atoms with Crippen LogP contribution in [0.15, 0.2) is 0 Å². The molecule has 16 heavy (non-hydrogen) atoms. The molecule has 0 aromatic rings. The molecule has 5 nitrogen and oxygen atoms in total.